The van der Waals surface area contributed by atoms with Gasteiger partial charge < -0.3 is 15.0 Å². The highest BCUT2D eigenvalue weighted by Crippen LogP contribution is 2.47. The maximum atomic E-state index is 6.25. The smallest absolute Gasteiger partial charge is 0.150 e. The Kier molecular flexibility index (Phi) is 3.51. The van der Waals surface area contributed by atoms with Gasteiger partial charge in [-0.05, 0) is 37.6 Å². The molecular weight excluding hydrogens is 272 g/mol. The average molecular weight is 294 g/mol. The van der Waals surface area contributed by atoms with Crippen molar-refractivity contribution in [3.63, 3.8) is 0 Å². The Morgan fingerprint density at radius 2 is 1.86 bits per heavy atom. The van der Waals surface area contributed by atoms with E-state index in [4.69, 9.17) is 4.74 Å². The molecule has 0 unspecified atom stereocenters. The van der Waals surface area contributed by atoms with Crippen LogP contribution in [0.25, 0.3) is 0 Å². The maximum Gasteiger partial charge on any atom is 0.150 e. The van der Waals surface area contributed by atoms with Gasteiger partial charge in [-0.15, -0.1) is 0 Å². The molecule has 4 rings (SSSR count). The van der Waals surface area contributed by atoms with Crippen molar-refractivity contribution in [2.24, 2.45) is 0 Å². The van der Waals surface area contributed by atoms with Crippen molar-refractivity contribution >= 4 is 5.69 Å². The topological polar surface area (TPSA) is 24.5 Å². The molecule has 0 amide bonds. The molecule has 2 aliphatic heterocycles. The van der Waals surface area contributed by atoms with E-state index in [-0.39, 0.29) is 0 Å². The standard InChI is InChI=1S/C19H22N2O/c1-2-20-15-9-7-13-21-16-10-4-6-12-18(16)22-17-11-5-3-8-14(17)19(15)21/h3-6,8,10-12,15,19-20H,2,7,9,13H2,1H3/t15-,19+/m1/s1. The molecule has 22 heavy (non-hydrogen) atoms. The van der Waals surface area contributed by atoms with Gasteiger partial charge in [-0.25, -0.2) is 0 Å². The summed E-state index contributed by atoms with van der Waals surface area (Å²) < 4.78 is 6.25. The Labute approximate surface area is 131 Å². The maximum absolute atomic E-state index is 6.25. The largest absolute Gasteiger partial charge is 0.455 e. The fourth-order valence-corrected chi connectivity index (χ4v) is 3.84. The summed E-state index contributed by atoms with van der Waals surface area (Å²) >= 11 is 0. The fourth-order valence-electron chi connectivity index (χ4n) is 3.84. The summed E-state index contributed by atoms with van der Waals surface area (Å²) in [5, 5.41) is 3.69. The summed E-state index contributed by atoms with van der Waals surface area (Å²) in [7, 11) is 0. The molecule has 2 aliphatic rings. The summed E-state index contributed by atoms with van der Waals surface area (Å²) in [5.74, 6) is 1.96. The van der Waals surface area contributed by atoms with Crippen LogP contribution >= 0.6 is 0 Å². The summed E-state index contributed by atoms with van der Waals surface area (Å²) in [5.41, 5.74) is 2.51. The van der Waals surface area contributed by atoms with E-state index in [1.165, 1.54) is 24.1 Å². The number of rotatable bonds is 2. The van der Waals surface area contributed by atoms with Crippen LogP contribution in [0, 0.1) is 0 Å². The van der Waals surface area contributed by atoms with Gasteiger partial charge in [-0.2, -0.15) is 0 Å². The summed E-state index contributed by atoms with van der Waals surface area (Å²) in [4.78, 5) is 2.53. The van der Waals surface area contributed by atoms with E-state index in [0.717, 1.165) is 24.6 Å². The summed E-state index contributed by atoms with van der Waals surface area (Å²) in [6, 6.07) is 17.7. The van der Waals surface area contributed by atoms with Crippen molar-refractivity contribution in [1.29, 1.82) is 0 Å². The molecule has 114 valence electrons. The van der Waals surface area contributed by atoms with E-state index in [0.29, 0.717) is 12.1 Å². The number of hydrogen-bond acceptors (Lipinski definition) is 3. The lowest BCUT2D eigenvalue weighted by molar-refractivity contribution is 0.351. The Balaban J connectivity index is 1.88. The van der Waals surface area contributed by atoms with Crippen LogP contribution in [0.1, 0.15) is 31.4 Å². The zero-order valence-electron chi connectivity index (χ0n) is 13.0. The Hall–Kier alpha value is -2.00. The van der Waals surface area contributed by atoms with E-state index < -0.39 is 0 Å². The number of anilines is 1. The third-order valence-electron chi connectivity index (χ3n) is 4.73. The molecule has 2 aromatic carbocycles. The molecular formula is C19H22N2O. The molecule has 0 spiro atoms. The van der Waals surface area contributed by atoms with E-state index in [1.54, 1.807) is 0 Å². The van der Waals surface area contributed by atoms with E-state index in [2.05, 4.69) is 59.6 Å². The first kappa shape index (κ1) is 13.6. The van der Waals surface area contributed by atoms with Crippen molar-refractivity contribution < 1.29 is 4.74 Å². The third-order valence-corrected chi connectivity index (χ3v) is 4.73. The van der Waals surface area contributed by atoms with E-state index in [1.807, 2.05) is 6.07 Å². The van der Waals surface area contributed by atoms with Gasteiger partial charge in [0.25, 0.3) is 0 Å². The molecule has 0 aliphatic carbocycles. The van der Waals surface area contributed by atoms with Crippen LogP contribution in [0.4, 0.5) is 5.69 Å². The van der Waals surface area contributed by atoms with Crippen LogP contribution in [0.3, 0.4) is 0 Å². The normalized spacial score (nSPS) is 22.9. The number of para-hydroxylation sites is 3. The Bertz CT molecular complexity index is 668. The molecule has 3 heteroatoms. The highest BCUT2D eigenvalue weighted by atomic mass is 16.5. The van der Waals surface area contributed by atoms with E-state index in [9.17, 15) is 0 Å². The molecule has 0 bridgehead atoms. The van der Waals surface area contributed by atoms with Crippen LogP contribution in [-0.2, 0) is 0 Å². The van der Waals surface area contributed by atoms with E-state index >= 15 is 0 Å². The summed E-state index contributed by atoms with van der Waals surface area (Å²) in [6.07, 6.45) is 2.43. The lowest BCUT2D eigenvalue weighted by Crippen LogP contribution is -2.48. The van der Waals surface area contributed by atoms with Crippen LogP contribution in [0.15, 0.2) is 48.5 Å². The van der Waals surface area contributed by atoms with Gasteiger partial charge in [-0.1, -0.05) is 37.3 Å². The number of likely N-dealkylation sites (N-methyl/N-ethyl adjacent to an activating group) is 1. The first-order valence-electron chi connectivity index (χ1n) is 8.24. The molecule has 0 radical (unpaired) electrons. The molecule has 1 fully saturated rings. The second kappa shape index (κ2) is 5.65. The molecule has 2 heterocycles. The zero-order valence-corrected chi connectivity index (χ0v) is 13.0. The third kappa shape index (κ3) is 2.17. The van der Waals surface area contributed by atoms with Gasteiger partial charge in [0.1, 0.15) is 5.75 Å². The van der Waals surface area contributed by atoms with Crippen molar-refractivity contribution in [3.8, 4) is 11.5 Å². The van der Waals surface area contributed by atoms with Crippen LogP contribution in [-0.4, -0.2) is 19.1 Å². The molecule has 0 saturated carbocycles. The van der Waals surface area contributed by atoms with Gasteiger partial charge >= 0.3 is 0 Å². The second-order valence-corrected chi connectivity index (χ2v) is 6.05. The molecule has 3 nitrogen and oxygen atoms in total. The van der Waals surface area contributed by atoms with Crippen LogP contribution in [0.2, 0.25) is 0 Å². The molecule has 1 N–H and O–H groups in total. The fraction of sp³-hybridized carbons (Fsp3) is 0.368. The van der Waals surface area contributed by atoms with Gasteiger partial charge in [-0.3, -0.25) is 0 Å². The minimum Gasteiger partial charge on any atom is -0.455 e. The molecule has 2 aromatic rings. The quantitative estimate of drug-likeness (QED) is 0.902. The number of nitrogens with zero attached hydrogens (tertiary/aromatic N) is 1. The number of nitrogens with one attached hydrogen (secondary N) is 1. The highest BCUT2D eigenvalue weighted by Gasteiger charge is 2.37. The van der Waals surface area contributed by atoms with Crippen LogP contribution < -0.4 is 15.0 Å². The lowest BCUT2D eigenvalue weighted by Gasteiger charge is -2.42. The second-order valence-electron chi connectivity index (χ2n) is 6.05. The number of hydrogen-bond donors (Lipinski definition) is 1. The zero-order chi connectivity index (χ0) is 14.9. The number of fused-ring (bicyclic) bond motifs is 5. The predicted molar refractivity (Wildman–Crippen MR) is 89.7 cm³/mol. The van der Waals surface area contributed by atoms with Gasteiger partial charge in [0.05, 0.1) is 11.7 Å². The van der Waals surface area contributed by atoms with Gasteiger partial charge in [0.15, 0.2) is 5.75 Å². The van der Waals surface area contributed by atoms with Crippen molar-refractivity contribution in [1.82, 2.24) is 5.32 Å². The number of piperidine rings is 1. The first-order chi connectivity index (χ1) is 10.9. The molecule has 0 aromatic heterocycles. The van der Waals surface area contributed by atoms with Crippen molar-refractivity contribution in [2.45, 2.75) is 31.8 Å². The van der Waals surface area contributed by atoms with Crippen molar-refractivity contribution in [2.75, 3.05) is 18.0 Å². The lowest BCUT2D eigenvalue weighted by atomic mass is 9.89. The Morgan fingerprint density at radius 3 is 2.73 bits per heavy atom. The predicted octanol–water partition coefficient (Wildman–Crippen LogP) is 4.11. The first-order valence-corrected chi connectivity index (χ1v) is 8.24. The monoisotopic (exact) mass is 294 g/mol. The van der Waals surface area contributed by atoms with Gasteiger partial charge in [0, 0.05) is 18.2 Å². The minimum absolute atomic E-state index is 0.341. The number of benzene rings is 2. The molecule has 1 saturated heterocycles. The van der Waals surface area contributed by atoms with Crippen molar-refractivity contribution in [3.05, 3.63) is 54.1 Å². The highest BCUT2D eigenvalue weighted by molar-refractivity contribution is 5.64. The minimum atomic E-state index is 0.341. The number of ether oxygens (including phenoxy) is 1. The molecule has 2 atom stereocenters. The SMILES string of the molecule is CCN[C@@H]1CCCN2c3ccccc3Oc3ccccc3[C@@H]12. The van der Waals surface area contributed by atoms with Crippen LogP contribution in [0.5, 0.6) is 11.5 Å². The Morgan fingerprint density at radius 1 is 1.09 bits per heavy atom. The average Bonchev–Trinajstić information content (AvgIpc) is 2.70. The summed E-state index contributed by atoms with van der Waals surface area (Å²) in [6.45, 7) is 4.27. The van der Waals surface area contributed by atoms with Gasteiger partial charge in [0.2, 0.25) is 0 Å².